The van der Waals surface area contributed by atoms with Crippen LogP contribution in [0.1, 0.15) is 44.1 Å². The Hall–Kier alpha value is -2.91. The first-order chi connectivity index (χ1) is 15.3. The molecule has 2 fully saturated rings. The zero-order valence-corrected chi connectivity index (χ0v) is 18.0. The van der Waals surface area contributed by atoms with Crippen molar-refractivity contribution in [2.24, 2.45) is 10.9 Å². The molecule has 0 bridgehead atoms. The Morgan fingerprint density at radius 2 is 1.90 bits per heavy atom. The minimum absolute atomic E-state index is 0.0922. The molecular formula is C25H30N4O2. The molecule has 1 saturated heterocycles. The summed E-state index contributed by atoms with van der Waals surface area (Å²) in [5, 5.41) is 13.3. The van der Waals surface area contributed by atoms with E-state index in [1.54, 1.807) is 0 Å². The van der Waals surface area contributed by atoms with Gasteiger partial charge >= 0.3 is 5.97 Å². The number of nitriles is 1. The van der Waals surface area contributed by atoms with Gasteiger partial charge in [-0.1, -0.05) is 49.6 Å². The fourth-order valence-electron chi connectivity index (χ4n) is 4.57. The Morgan fingerprint density at radius 3 is 2.61 bits per heavy atom. The topological polar surface area (TPSA) is 77.7 Å². The summed E-state index contributed by atoms with van der Waals surface area (Å²) < 4.78 is 5.64. The maximum atomic E-state index is 13.0. The normalized spacial score (nSPS) is 21.6. The second kappa shape index (κ2) is 10.4. The Morgan fingerprint density at radius 1 is 1.16 bits per heavy atom. The fraction of sp³-hybridized carbons (Fsp3) is 0.480. The average Bonchev–Trinajstić information content (AvgIpc) is 2.85. The summed E-state index contributed by atoms with van der Waals surface area (Å²) in [7, 11) is 0. The number of nitrogens with zero attached hydrogens (tertiary/aromatic N) is 3. The summed E-state index contributed by atoms with van der Waals surface area (Å²) in [6.45, 7) is 3.71. The molecule has 1 N–H and O–H groups in total. The van der Waals surface area contributed by atoms with Crippen molar-refractivity contribution in [1.29, 1.82) is 5.26 Å². The molecule has 0 amide bonds. The lowest BCUT2D eigenvalue weighted by Crippen LogP contribution is -2.47. The van der Waals surface area contributed by atoms with Crippen LogP contribution < -0.4 is 5.32 Å². The zero-order valence-electron chi connectivity index (χ0n) is 18.0. The molecule has 0 spiro atoms. The number of rotatable bonds is 4. The molecule has 1 aliphatic carbocycles. The van der Waals surface area contributed by atoms with Crippen LogP contribution >= 0.6 is 0 Å². The number of esters is 1. The smallest absolute Gasteiger partial charge is 0.349 e. The molecule has 6 nitrogen and oxygen atoms in total. The summed E-state index contributed by atoms with van der Waals surface area (Å²) in [4.78, 5) is 19.9. The van der Waals surface area contributed by atoms with Crippen LogP contribution in [0.4, 0.5) is 0 Å². The molecular weight excluding hydrogens is 388 g/mol. The van der Waals surface area contributed by atoms with Crippen molar-refractivity contribution in [2.75, 3.05) is 32.8 Å². The van der Waals surface area contributed by atoms with Gasteiger partial charge < -0.3 is 15.0 Å². The number of piperazine rings is 1. The highest BCUT2D eigenvalue weighted by atomic mass is 16.5. The third-order valence-electron chi connectivity index (χ3n) is 6.33. The Balaban J connectivity index is 1.61. The lowest BCUT2D eigenvalue weighted by molar-refractivity contribution is -0.140. The Kier molecular flexibility index (Phi) is 7.16. The monoisotopic (exact) mass is 418 g/mol. The van der Waals surface area contributed by atoms with Crippen LogP contribution in [0.5, 0.6) is 0 Å². The van der Waals surface area contributed by atoms with Gasteiger partial charge in [0.2, 0.25) is 0 Å². The maximum absolute atomic E-state index is 13.0. The van der Waals surface area contributed by atoms with Gasteiger partial charge in [0.05, 0.1) is 6.61 Å². The van der Waals surface area contributed by atoms with Crippen molar-refractivity contribution >= 4 is 17.4 Å². The van der Waals surface area contributed by atoms with Crippen molar-refractivity contribution in [3.05, 3.63) is 53.2 Å². The third kappa shape index (κ3) is 5.23. The summed E-state index contributed by atoms with van der Waals surface area (Å²) >= 11 is 0. The van der Waals surface area contributed by atoms with E-state index in [0.717, 1.165) is 56.0 Å². The number of benzene rings is 1. The number of carbonyl (C=O) groups excluding carboxylic acids is 1. The first-order valence-electron chi connectivity index (χ1n) is 11.3. The molecule has 4 rings (SSSR count). The quantitative estimate of drug-likeness (QED) is 0.459. The van der Waals surface area contributed by atoms with Crippen LogP contribution in [-0.4, -0.2) is 49.5 Å². The first kappa shape index (κ1) is 21.3. The number of aliphatic imine (C=N–C) groups is 1. The molecule has 1 saturated carbocycles. The van der Waals surface area contributed by atoms with Gasteiger partial charge in [0.15, 0.2) is 0 Å². The molecule has 1 aromatic rings. The van der Waals surface area contributed by atoms with E-state index in [9.17, 15) is 10.1 Å². The molecule has 162 valence electrons. The van der Waals surface area contributed by atoms with Crippen molar-refractivity contribution in [3.8, 4) is 6.07 Å². The fourth-order valence-corrected chi connectivity index (χ4v) is 4.57. The van der Waals surface area contributed by atoms with Gasteiger partial charge in [-0.05, 0) is 29.9 Å². The predicted octanol–water partition coefficient (Wildman–Crippen LogP) is 3.68. The van der Waals surface area contributed by atoms with Crippen molar-refractivity contribution in [1.82, 2.24) is 10.2 Å². The van der Waals surface area contributed by atoms with E-state index in [2.05, 4.69) is 16.3 Å². The van der Waals surface area contributed by atoms with Crippen LogP contribution in [0.15, 0.2) is 52.7 Å². The van der Waals surface area contributed by atoms with E-state index in [-0.39, 0.29) is 5.57 Å². The molecule has 6 heteroatoms. The van der Waals surface area contributed by atoms with Crippen molar-refractivity contribution < 1.29 is 9.53 Å². The van der Waals surface area contributed by atoms with Crippen LogP contribution in [0.25, 0.3) is 5.57 Å². The van der Waals surface area contributed by atoms with E-state index in [0.29, 0.717) is 24.5 Å². The van der Waals surface area contributed by atoms with Gasteiger partial charge in [0.1, 0.15) is 17.5 Å². The molecule has 0 radical (unpaired) electrons. The van der Waals surface area contributed by atoms with E-state index >= 15 is 0 Å². The average molecular weight is 419 g/mol. The van der Waals surface area contributed by atoms with Gasteiger partial charge in [-0.25, -0.2) is 9.79 Å². The van der Waals surface area contributed by atoms with Crippen LogP contribution in [-0.2, 0) is 9.53 Å². The summed E-state index contributed by atoms with van der Waals surface area (Å²) in [5.41, 5.74) is 2.83. The molecule has 2 heterocycles. The van der Waals surface area contributed by atoms with Crippen LogP contribution in [0.2, 0.25) is 0 Å². The zero-order chi connectivity index (χ0) is 21.5. The minimum Gasteiger partial charge on any atom is -0.461 e. The maximum Gasteiger partial charge on any atom is 0.349 e. The molecule has 31 heavy (non-hydrogen) atoms. The number of carbonyl (C=O) groups is 1. The number of nitrogens with one attached hydrogen (secondary N) is 1. The number of amidine groups is 1. The summed E-state index contributed by atoms with van der Waals surface area (Å²) in [6.07, 6.45) is 8.21. The van der Waals surface area contributed by atoms with Crippen molar-refractivity contribution in [2.45, 2.75) is 38.5 Å². The minimum atomic E-state index is -0.514. The Labute approximate surface area is 184 Å². The van der Waals surface area contributed by atoms with Crippen LogP contribution in [0.3, 0.4) is 0 Å². The van der Waals surface area contributed by atoms with Gasteiger partial charge in [-0.2, -0.15) is 5.26 Å². The number of allylic oxidation sites excluding steroid dienone is 1. The second-order valence-corrected chi connectivity index (χ2v) is 8.45. The Bertz CT molecular complexity index is 915. The van der Waals surface area contributed by atoms with E-state index in [1.807, 2.05) is 36.5 Å². The van der Waals surface area contributed by atoms with E-state index < -0.39 is 5.97 Å². The van der Waals surface area contributed by atoms with Gasteiger partial charge in [0.25, 0.3) is 0 Å². The number of ether oxygens (including phenoxy) is 1. The molecule has 2 aliphatic heterocycles. The molecule has 1 aromatic carbocycles. The van der Waals surface area contributed by atoms with Crippen LogP contribution in [0, 0.1) is 17.2 Å². The highest BCUT2D eigenvalue weighted by Crippen LogP contribution is 2.31. The van der Waals surface area contributed by atoms with Gasteiger partial charge in [-0.15, -0.1) is 0 Å². The number of hydrogen-bond acceptors (Lipinski definition) is 6. The lowest BCUT2D eigenvalue weighted by atomic mass is 9.90. The summed E-state index contributed by atoms with van der Waals surface area (Å²) in [6, 6.07) is 12.2. The van der Waals surface area contributed by atoms with Crippen molar-refractivity contribution in [3.63, 3.8) is 0 Å². The highest BCUT2D eigenvalue weighted by molar-refractivity contribution is 6.10. The summed E-state index contributed by atoms with van der Waals surface area (Å²) in [5.74, 6) is 0.627. The largest absolute Gasteiger partial charge is 0.461 e. The van der Waals surface area contributed by atoms with Gasteiger partial charge in [-0.3, -0.25) is 0 Å². The molecule has 3 aliphatic rings. The first-order valence-corrected chi connectivity index (χ1v) is 11.3. The third-order valence-corrected chi connectivity index (χ3v) is 6.33. The molecule has 0 atom stereocenters. The second-order valence-electron chi connectivity index (χ2n) is 8.45. The SMILES string of the molecule is N#C/C(C(=O)OCC1CCCCC1)=C1/CC(c2ccccc2)=CN=C1N1CCNCC1. The highest BCUT2D eigenvalue weighted by Gasteiger charge is 2.29. The van der Waals surface area contributed by atoms with Gasteiger partial charge in [0, 0.05) is 44.4 Å². The predicted molar refractivity (Wildman–Crippen MR) is 121 cm³/mol. The number of hydrogen-bond donors (Lipinski definition) is 1. The lowest BCUT2D eigenvalue weighted by Gasteiger charge is -2.33. The van der Waals surface area contributed by atoms with E-state index in [1.165, 1.54) is 19.3 Å². The standard InChI is InChI=1S/C25H30N4O2/c26-16-23(25(30)31-18-19-7-3-1-4-8-19)22-15-21(20-9-5-2-6-10-20)17-28-24(22)29-13-11-27-12-14-29/h2,5-6,9-10,17,19,27H,1,3-4,7-8,11-15,18H2/b23-22+. The van der Waals surface area contributed by atoms with E-state index in [4.69, 9.17) is 9.73 Å². The molecule has 0 unspecified atom stereocenters. The molecule has 0 aromatic heterocycles.